The Morgan fingerprint density at radius 3 is 1.09 bits per heavy atom. The van der Waals surface area contributed by atoms with Crippen LogP contribution in [0.15, 0.2) is 0 Å². The number of rotatable bonds is 55. The molecular weight excluding hydrogens is 991 g/mol. The molecule has 9 N–H and O–H groups in total. The van der Waals surface area contributed by atoms with Crippen molar-refractivity contribution in [1.82, 2.24) is 5.32 Å². The summed E-state index contributed by atoms with van der Waals surface area (Å²) >= 11 is 0. The number of carbonyl (C=O) groups is 1. The van der Waals surface area contributed by atoms with E-state index in [4.69, 9.17) is 18.9 Å². The van der Waals surface area contributed by atoms with Gasteiger partial charge in [0.15, 0.2) is 12.6 Å². The summed E-state index contributed by atoms with van der Waals surface area (Å²) in [6.07, 6.45) is 41.1. The van der Waals surface area contributed by atoms with Gasteiger partial charge in [-0.1, -0.05) is 290 Å². The molecule has 0 aromatic rings. The summed E-state index contributed by atoms with van der Waals surface area (Å²) in [6, 6.07) is -0.823. The molecule has 12 unspecified atom stereocenters. The van der Waals surface area contributed by atoms with Gasteiger partial charge in [0.2, 0.25) is 5.91 Å². The van der Waals surface area contributed by atoms with Gasteiger partial charge in [-0.25, -0.2) is 0 Å². The van der Waals surface area contributed by atoms with E-state index in [1.807, 2.05) is 0 Å². The van der Waals surface area contributed by atoms with Crippen molar-refractivity contribution in [2.24, 2.45) is 0 Å². The van der Waals surface area contributed by atoms with Gasteiger partial charge in [-0.3, -0.25) is 4.79 Å². The van der Waals surface area contributed by atoms with Crippen LogP contribution in [0.5, 0.6) is 0 Å². The zero-order valence-corrected chi connectivity index (χ0v) is 50.2. The van der Waals surface area contributed by atoms with E-state index in [1.165, 1.54) is 231 Å². The summed E-state index contributed by atoms with van der Waals surface area (Å²) in [5.74, 6) is -0.198. The quantitative estimate of drug-likeness (QED) is 0.0259. The molecule has 14 heteroatoms. The maximum Gasteiger partial charge on any atom is 0.220 e. The molecule has 14 nitrogen and oxygen atoms in total. The first-order valence-electron chi connectivity index (χ1n) is 33.3. The summed E-state index contributed by atoms with van der Waals surface area (Å²) in [7, 11) is 0. The van der Waals surface area contributed by atoms with E-state index < -0.39 is 86.8 Å². The number of carbonyl (C=O) groups excluding carboxylic acids is 1. The number of ether oxygens (including phenoxy) is 4. The highest BCUT2D eigenvalue weighted by atomic mass is 16.7. The predicted molar refractivity (Wildman–Crippen MR) is 314 cm³/mol. The first-order chi connectivity index (χ1) is 38.1. The highest BCUT2D eigenvalue weighted by Gasteiger charge is 2.51. The number of unbranched alkanes of at least 4 members (excludes halogenated alkanes) is 42. The minimum Gasteiger partial charge on any atom is -0.394 e. The van der Waals surface area contributed by atoms with Gasteiger partial charge in [0, 0.05) is 6.42 Å². The Hall–Kier alpha value is -1.01. The topological polar surface area (TPSA) is 228 Å². The van der Waals surface area contributed by atoms with Crippen molar-refractivity contribution in [3.05, 3.63) is 0 Å². The minimum atomic E-state index is -1.78. The lowest BCUT2D eigenvalue weighted by Gasteiger charge is -2.46. The van der Waals surface area contributed by atoms with E-state index in [0.717, 1.165) is 51.4 Å². The molecule has 0 aromatic heterocycles. The molecule has 78 heavy (non-hydrogen) atoms. The van der Waals surface area contributed by atoms with Gasteiger partial charge >= 0.3 is 0 Å². The molecule has 0 spiro atoms. The Kier molecular flexibility index (Phi) is 47.3. The van der Waals surface area contributed by atoms with Crippen LogP contribution in [-0.4, -0.2) is 140 Å². The molecule has 464 valence electrons. The molecule has 2 rings (SSSR count). The second-order valence-corrected chi connectivity index (χ2v) is 24.0. The highest BCUT2D eigenvalue weighted by molar-refractivity contribution is 5.76. The number of hydrogen-bond acceptors (Lipinski definition) is 13. The van der Waals surface area contributed by atoms with Crippen LogP contribution in [0.1, 0.15) is 309 Å². The second kappa shape index (κ2) is 50.5. The van der Waals surface area contributed by atoms with Crippen LogP contribution in [0.3, 0.4) is 0 Å². The number of hydrogen-bond donors (Lipinski definition) is 9. The zero-order chi connectivity index (χ0) is 56.7. The summed E-state index contributed by atoms with van der Waals surface area (Å²) in [5, 5.41) is 87.4. The number of amides is 1. The van der Waals surface area contributed by atoms with Crippen molar-refractivity contribution in [3.8, 4) is 0 Å². The van der Waals surface area contributed by atoms with E-state index in [1.54, 1.807) is 0 Å². The van der Waals surface area contributed by atoms with Crippen LogP contribution in [0.2, 0.25) is 0 Å². The summed E-state index contributed by atoms with van der Waals surface area (Å²) in [4.78, 5) is 13.3. The fraction of sp³-hybridized carbons (Fsp3) is 0.984. The molecule has 2 aliphatic heterocycles. The molecule has 2 fully saturated rings. The van der Waals surface area contributed by atoms with Crippen LogP contribution < -0.4 is 5.32 Å². The number of nitrogens with one attached hydrogen (secondary N) is 1. The third kappa shape index (κ3) is 35.2. The maximum atomic E-state index is 13.3. The normalized spacial score (nSPS) is 24.4. The Balaban J connectivity index is 1.67. The zero-order valence-electron chi connectivity index (χ0n) is 50.2. The van der Waals surface area contributed by atoms with Crippen molar-refractivity contribution in [3.63, 3.8) is 0 Å². The van der Waals surface area contributed by atoms with Crippen LogP contribution >= 0.6 is 0 Å². The fourth-order valence-corrected chi connectivity index (χ4v) is 11.5. The molecule has 2 saturated heterocycles. The molecule has 12 atom stereocenters. The van der Waals surface area contributed by atoms with E-state index in [2.05, 4.69) is 19.2 Å². The third-order valence-electron chi connectivity index (χ3n) is 16.8. The first kappa shape index (κ1) is 73.1. The molecule has 0 aliphatic carbocycles. The molecule has 1 amide bonds. The molecule has 0 radical (unpaired) electrons. The smallest absolute Gasteiger partial charge is 0.220 e. The first-order valence-corrected chi connectivity index (χ1v) is 33.3. The average molecular weight is 1120 g/mol. The van der Waals surface area contributed by atoms with Crippen LogP contribution in [0, 0.1) is 0 Å². The Morgan fingerprint density at radius 1 is 0.410 bits per heavy atom. The second-order valence-electron chi connectivity index (χ2n) is 24.0. The molecule has 0 bridgehead atoms. The monoisotopic (exact) mass is 1120 g/mol. The van der Waals surface area contributed by atoms with Gasteiger partial charge in [0.25, 0.3) is 0 Å². The predicted octanol–water partition coefficient (Wildman–Crippen LogP) is 12.5. The van der Waals surface area contributed by atoms with E-state index in [0.29, 0.717) is 12.8 Å². The maximum absolute atomic E-state index is 13.3. The lowest BCUT2D eigenvalue weighted by molar-refractivity contribution is -0.359. The summed E-state index contributed by atoms with van der Waals surface area (Å²) in [6.45, 7) is 2.92. The average Bonchev–Trinajstić information content (AvgIpc) is 3.44. The summed E-state index contributed by atoms with van der Waals surface area (Å²) < 4.78 is 22.9. The largest absolute Gasteiger partial charge is 0.394 e. The Labute approximate surface area is 476 Å². The van der Waals surface area contributed by atoms with Gasteiger partial charge in [-0.2, -0.15) is 0 Å². The minimum absolute atomic E-state index is 0.198. The standard InChI is InChI=1S/C64H125NO13/c1-3-5-7-9-11-13-15-17-19-21-22-23-24-25-26-27-28-29-30-32-34-36-38-40-42-44-46-48-56(69)65-52(53(68)47-45-43-41-39-37-35-33-31-20-18-16-14-12-10-8-6-4-2)51-75-63-61(74)59(72)62(55(50-67)77-63)78-64-60(73)58(71)57(70)54(49-66)76-64/h52-55,57-64,66-68,70-74H,3-51H2,1-2H3,(H,65,69). The molecule has 0 aromatic carbocycles. The number of aliphatic hydroxyl groups is 8. The third-order valence-corrected chi connectivity index (χ3v) is 16.8. The van der Waals surface area contributed by atoms with E-state index in [-0.39, 0.29) is 12.5 Å². The fourth-order valence-electron chi connectivity index (χ4n) is 11.5. The lowest BCUT2D eigenvalue weighted by Crippen LogP contribution is -2.65. The van der Waals surface area contributed by atoms with Crippen molar-refractivity contribution in [2.45, 2.75) is 383 Å². The summed E-state index contributed by atoms with van der Waals surface area (Å²) in [5.41, 5.74) is 0. The SMILES string of the molecule is CCCCCCCCCCCCCCCCCCCCCCCCCCCCCC(=O)NC(COC1OC(CO)C(OC2OC(CO)C(O)C(O)C2O)C(O)C1O)C(O)CCCCCCCCCCCCCCCCCCC. The van der Waals surface area contributed by atoms with Gasteiger partial charge < -0.3 is 65.1 Å². The van der Waals surface area contributed by atoms with Crippen molar-refractivity contribution in [1.29, 1.82) is 0 Å². The molecule has 2 heterocycles. The van der Waals surface area contributed by atoms with E-state index >= 15 is 0 Å². The van der Waals surface area contributed by atoms with Crippen molar-refractivity contribution >= 4 is 5.91 Å². The Morgan fingerprint density at radius 2 is 0.731 bits per heavy atom. The van der Waals surface area contributed by atoms with Gasteiger partial charge in [0.05, 0.1) is 32.0 Å². The van der Waals surface area contributed by atoms with Crippen LogP contribution in [0.4, 0.5) is 0 Å². The van der Waals surface area contributed by atoms with Crippen molar-refractivity contribution < 1.29 is 64.6 Å². The van der Waals surface area contributed by atoms with Gasteiger partial charge in [-0.15, -0.1) is 0 Å². The van der Waals surface area contributed by atoms with Gasteiger partial charge in [0.1, 0.15) is 48.8 Å². The van der Waals surface area contributed by atoms with Crippen LogP contribution in [-0.2, 0) is 23.7 Å². The molecule has 0 saturated carbocycles. The lowest BCUT2D eigenvalue weighted by atomic mass is 9.97. The van der Waals surface area contributed by atoms with E-state index in [9.17, 15) is 45.6 Å². The molecule has 2 aliphatic rings. The van der Waals surface area contributed by atoms with Crippen molar-refractivity contribution in [2.75, 3.05) is 19.8 Å². The number of aliphatic hydroxyl groups excluding tert-OH is 8. The molecular formula is C64H125NO13. The Bertz CT molecular complexity index is 1310. The van der Waals surface area contributed by atoms with Gasteiger partial charge in [-0.05, 0) is 12.8 Å². The van der Waals surface area contributed by atoms with Crippen LogP contribution in [0.25, 0.3) is 0 Å². The highest BCUT2D eigenvalue weighted by Crippen LogP contribution is 2.30.